The van der Waals surface area contributed by atoms with Gasteiger partial charge < -0.3 is 10.4 Å². The summed E-state index contributed by atoms with van der Waals surface area (Å²) < 4.78 is 1.67. The van der Waals surface area contributed by atoms with Crippen LogP contribution < -0.4 is 5.32 Å². The summed E-state index contributed by atoms with van der Waals surface area (Å²) in [5.41, 5.74) is 1.26. The summed E-state index contributed by atoms with van der Waals surface area (Å²) in [5, 5.41) is 17.1. The van der Waals surface area contributed by atoms with Gasteiger partial charge in [-0.2, -0.15) is 5.10 Å². The van der Waals surface area contributed by atoms with Crippen LogP contribution in [0.25, 0.3) is 10.9 Å². The van der Waals surface area contributed by atoms with Crippen LogP contribution in [0.15, 0.2) is 24.3 Å². The fourth-order valence-electron chi connectivity index (χ4n) is 3.03. The normalized spacial score (nSPS) is 22.1. The highest BCUT2D eigenvalue weighted by Gasteiger charge is 2.35. The van der Waals surface area contributed by atoms with E-state index in [0.29, 0.717) is 18.7 Å². The second-order valence-corrected chi connectivity index (χ2v) is 5.69. The van der Waals surface area contributed by atoms with E-state index in [2.05, 4.69) is 10.4 Å². The summed E-state index contributed by atoms with van der Waals surface area (Å²) >= 11 is 0. The number of hydrogen-bond acceptors (Lipinski definition) is 4. The molecule has 3 rings (SSSR count). The van der Waals surface area contributed by atoms with Crippen LogP contribution in [0.4, 0.5) is 0 Å². The van der Waals surface area contributed by atoms with Crippen molar-refractivity contribution in [2.75, 3.05) is 13.6 Å². The number of benzene rings is 1. The Balaban J connectivity index is 1.79. The lowest BCUT2D eigenvalue weighted by Crippen LogP contribution is -2.36. The first-order chi connectivity index (χ1) is 10.5. The number of carboxylic acid groups (broad SMARTS) is 1. The highest BCUT2D eigenvalue weighted by molar-refractivity contribution is 6.05. The number of amides is 1. The largest absolute Gasteiger partial charge is 0.480 e. The Kier molecular flexibility index (Phi) is 3.58. The van der Waals surface area contributed by atoms with Gasteiger partial charge in [-0.3, -0.25) is 19.2 Å². The number of likely N-dealkylation sites (tertiary alicyclic amines) is 1. The predicted octanol–water partition coefficient (Wildman–Crippen LogP) is 0.460. The van der Waals surface area contributed by atoms with Gasteiger partial charge in [0.2, 0.25) is 0 Å². The molecule has 2 atom stereocenters. The molecule has 1 aliphatic rings. The Hall–Kier alpha value is -2.41. The van der Waals surface area contributed by atoms with Crippen molar-refractivity contribution >= 4 is 22.8 Å². The van der Waals surface area contributed by atoms with Crippen LogP contribution in [-0.2, 0) is 11.8 Å². The molecule has 2 heterocycles. The van der Waals surface area contributed by atoms with Crippen LogP contribution in [0.1, 0.15) is 16.9 Å². The molecule has 7 nitrogen and oxygen atoms in total. The fraction of sp³-hybridized carbons (Fsp3) is 0.400. The quantitative estimate of drug-likeness (QED) is 0.860. The van der Waals surface area contributed by atoms with Gasteiger partial charge in [0.1, 0.15) is 6.04 Å². The zero-order valence-electron chi connectivity index (χ0n) is 12.5. The van der Waals surface area contributed by atoms with Gasteiger partial charge in [-0.15, -0.1) is 0 Å². The molecule has 1 aromatic heterocycles. The van der Waals surface area contributed by atoms with E-state index in [1.54, 1.807) is 23.7 Å². The van der Waals surface area contributed by atoms with Gasteiger partial charge >= 0.3 is 5.97 Å². The van der Waals surface area contributed by atoms with Crippen molar-refractivity contribution in [3.05, 3.63) is 30.0 Å². The van der Waals surface area contributed by atoms with Gasteiger partial charge in [0.05, 0.1) is 5.52 Å². The maximum absolute atomic E-state index is 12.5. The highest BCUT2D eigenvalue weighted by atomic mass is 16.4. The van der Waals surface area contributed by atoms with E-state index in [9.17, 15) is 9.59 Å². The minimum atomic E-state index is -0.859. The van der Waals surface area contributed by atoms with Crippen LogP contribution in [-0.4, -0.2) is 57.3 Å². The number of aliphatic carboxylic acids is 1. The number of carbonyl (C=O) groups is 2. The van der Waals surface area contributed by atoms with Crippen LogP contribution in [0.3, 0.4) is 0 Å². The number of carbonyl (C=O) groups excluding carboxylic acids is 1. The minimum absolute atomic E-state index is 0.181. The maximum atomic E-state index is 12.5. The molecular weight excluding hydrogens is 284 g/mol. The molecule has 1 saturated heterocycles. The lowest BCUT2D eigenvalue weighted by Gasteiger charge is -2.13. The van der Waals surface area contributed by atoms with Crippen molar-refractivity contribution in [1.82, 2.24) is 20.0 Å². The van der Waals surface area contributed by atoms with Crippen molar-refractivity contribution in [1.29, 1.82) is 0 Å². The molecule has 1 aliphatic heterocycles. The number of likely N-dealkylation sites (N-methyl/N-ethyl adjacent to an activating group) is 1. The Morgan fingerprint density at radius 2 is 2.05 bits per heavy atom. The molecule has 7 heteroatoms. The minimum Gasteiger partial charge on any atom is -0.480 e. The van der Waals surface area contributed by atoms with Gasteiger partial charge in [0.15, 0.2) is 5.69 Å². The molecule has 0 saturated carbocycles. The van der Waals surface area contributed by atoms with E-state index in [4.69, 9.17) is 5.11 Å². The van der Waals surface area contributed by atoms with E-state index in [1.807, 2.05) is 24.3 Å². The molecule has 0 spiro atoms. The highest BCUT2D eigenvalue weighted by Crippen LogP contribution is 2.19. The van der Waals surface area contributed by atoms with E-state index in [-0.39, 0.29) is 11.9 Å². The first-order valence-corrected chi connectivity index (χ1v) is 7.13. The number of fused-ring (bicyclic) bond motifs is 1. The zero-order chi connectivity index (χ0) is 15.9. The Morgan fingerprint density at radius 1 is 1.32 bits per heavy atom. The molecule has 1 amide bonds. The summed E-state index contributed by atoms with van der Waals surface area (Å²) in [6.07, 6.45) is 0.405. The van der Waals surface area contributed by atoms with Crippen molar-refractivity contribution in [3.8, 4) is 0 Å². The van der Waals surface area contributed by atoms with Crippen LogP contribution in [0, 0.1) is 0 Å². The summed E-state index contributed by atoms with van der Waals surface area (Å²) in [4.78, 5) is 25.3. The lowest BCUT2D eigenvalue weighted by atomic mass is 10.1. The third kappa shape index (κ3) is 2.43. The number of nitrogens with zero attached hydrogens (tertiary/aromatic N) is 3. The molecule has 0 radical (unpaired) electrons. The molecule has 1 aromatic carbocycles. The first kappa shape index (κ1) is 14.5. The molecular formula is C15H18N4O3. The molecule has 0 aliphatic carbocycles. The second-order valence-electron chi connectivity index (χ2n) is 5.69. The molecule has 0 bridgehead atoms. The van der Waals surface area contributed by atoms with Gasteiger partial charge in [0.25, 0.3) is 5.91 Å². The number of para-hydroxylation sites is 1. The molecule has 0 unspecified atom stereocenters. The SMILES string of the molecule is CN1C[C@@H](NC(=O)c2nn(C)c3ccccc23)C[C@H]1C(=O)O. The van der Waals surface area contributed by atoms with Crippen molar-refractivity contribution in [2.45, 2.75) is 18.5 Å². The fourth-order valence-corrected chi connectivity index (χ4v) is 3.03. The molecule has 1 fully saturated rings. The van der Waals surface area contributed by atoms with E-state index >= 15 is 0 Å². The third-order valence-corrected chi connectivity index (χ3v) is 4.14. The monoisotopic (exact) mass is 302 g/mol. The van der Waals surface area contributed by atoms with E-state index in [0.717, 1.165) is 10.9 Å². The van der Waals surface area contributed by atoms with E-state index in [1.165, 1.54) is 0 Å². The second kappa shape index (κ2) is 5.42. The molecule has 2 aromatic rings. The van der Waals surface area contributed by atoms with Crippen molar-refractivity contribution < 1.29 is 14.7 Å². The first-order valence-electron chi connectivity index (χ1n) is 7.13. The Labute approximate surface area is 127 Å². The van der Waals surface area contributed by atoms with Gasteiger partial charge in [-0.25, -0.2) is 0 Å². The van der Waals surface area contributed by atoms with Crippen molar-refractivity contribution in [2.24, 2.45) is 7.05 Å². The average molecular weight is 302 g/mol. The number of carboxylic acids is 1. The maximum Gasteiger partial charge on any atom is 0.320 e. The zero-order valence-corrected chi connectivity index (χ0v) is 12.5. The average Bonchev–Trinajstić information content (AvgIpc) is 3.00. The topological polar surface area (TPSA) is 87.5 Å². The number of nitrogens with one attached hydrogen (secondary N) is 1. The molecule has 116 valence electrons. The number of rotatable bonds is 3. The lowest BCUT2D eigenvalue weighted by molar-refractivity contribution is -0.141. The van der Waals surface area contributed by atoms with E-state index < -0.39 is 12.0 Å². The van der Waals surface area contributed by atoms with Crippen molar-refractivity contribution in [3.63, 3.8) is 0 Å². The Bertz CT molecular complexity index is 739. The molecule has 2 N–H and O–H groups in total. The smallest absolute Gasteiger partial charge is 0.320 e. The van der Waals surface area contributed by atoms with Crippen LogP contribution >= 0.6 is 0 Å². The Morgan fingerprint density at radius 3 is 2.73 bits per heavy atom. The van der Waals surface area contributed by atoms with Gasteiger partial charge in [-0.1, -0.05) is 18.2 Å². The summed E-state index contributed by atoms with van der Waals surface area (Å²) in [7, 11) is 3.55. The summed E-state index contributed by atoms with van der Waals surface area (Å²) in [6.45, 7) is 0.521. The van der Waals surface area contributed by atoms with Crippen LogP contribution in [0.5, 0.6) is 0 Å². The predicted molar refractivity (Wildman–Crippen MR) is 80.6 cm³/mol. The summed E-state index contributed by atoms with van der Waals surface area (Å²) in [6, 6.07) is 6.80. The standard InChI is InChI=1S/C15H18N4O3/c1-18-8-9(7-12(18)15(21)22)16-14(20)13-10-5-3-4-6-11(10)19(2)17-13/h3-6,9,12H,7-8H2,1-2H3,(H,16,20)(H,21,22)/t9-,12-/m0/s1. The van der Waals surface area contributed by atoms with Crippen LogP contribution in [0.2, 0.25) is 0 Å². The number of hydrogen-bond donors (Lipinski definition) is 2. The summed E-state index contributed by atoms with van der Waals surface area (Å²) in [5.74, 6) is -1.12. The molecule has 22 heavy (non-hydrogen) atoms. The number of aryl methyl sites for hydroxylation is 1. The number of aromatic nitrogens is 2. The van der Waals surface area contributed by atoms with Gasteiger partial charge in [-0.05, 0) is 19.5 Å². The van der Waals surface area contributed by atoms with Gasteiger partial charge in [0, 0.05) is 25.0 Å². The third-order valence-electron chi connectivity index (χ3n) is 4.14.